The SMILES string of the molecule is CCC1NCCN(CC(C)OC)C1=O. The lowest BCUT2D eigenvalue weighted by Crippen LogP contribution is -2.56. The Morgan fingerprint density at radius 2 is 2.43 bits per heavy atom. The summed E-state index contributed by atoms with van der Waals surface area (Å²) in [6.45, 7) is 6.40. The van der Waals surface area contributed by atoms with Crippen molar-refractivity contribution < 1.29 is 9.53 Å². The minimum atomic E-state index is 0.00723. The molecular formula is C10H20N2O2. The predicted molar refractivity (Wildman–Crippen MR) is 55.1 cm³/mol. The number of carbonyl (C=O) groups is 1. The van der Waals surface area contributed by atoms with E-state index in [2.05, 4.69) is 5.32 Å². The Balaban J connectivity index is 2.47. The third-order valence-electron chi connectivity index (χ3n) is 2.67. The van der Waals surface area contributed by atoms with Gasteiger partial charge in [-0.25, -0.2) is 0 Å². The van der Waals surface area contributed by atoms with Crippen LogP contribution < -0.4 is 5.32 Å². The number of carbonyl (C=O) groups excluding carboxylic acids is 1. The molecule has 0 aromatic rings. The van der Waals surface area contributed by atoms with Crippen LogP contribution in [0.25, 0.3) is 0 Å². The lowest BCUT2D eigenvalue weighted by molar-refractivity contribution is -0.137. The Labute approximate surface area is 85.6 Å². The number of hydrogen-bond acceptors (Lipinski definition) is 3. The van der Waals surface area contributed by atoms with Gasteiger partial charge >= 0.3 is 0 Å². The van der Waals surface area contributed by atoms with Gasteiger partial charge in [0.05, 0.1) is 12.1 Å². The number of nitrogens with zero attached hydrogens (tertiary/aromatic N) is 1. The molecule has 1 aliphatic rings. The van der Waals surface area contributed by atoms with Crippen molar-refractivity contribution in [3.8, 4) is 0 Å². The fourth-order valence-corrected chi connectivity index (χ4v) is 1.68. The van der Waals surface area contributed by atoms with Crippen molar-refractivity contribution in [1.29, 1.82) is 0 Å². The Bertz CT molecular complexity index is 197. The molecule has 0 spiro atoms. The average Bonchev–Trinajstić information content (AvgIpc) is 2.21. The topological polar surface area (TPSA) is 41.6 Å². The highest BCUT2D eigenvalue weighted by atomic mass is 16.5. The molecule has 1 heterocycles. The summed E-state index contributed by atoms with van der Waals surface area (Å²) in [7, 11) is 1.68. The first kappa shape index (κ1) is 11.5. The number of hydrogen-bond donors (Lipinski definition) is 1. The molecule has 1 rings (SSSR count). The van der Waals surface area contributed by atoms with E-state index in [4.69, 9.17) is 4.74 Å². The van der Waals surface area contributed by atoms with Gasteiger partial charge in [-0.15, -0.1) is 0 Å². The monoisotopic (exact) mass is 200 g/mol. The summed E-state index contributed by atoms with van der Waals surface area (Å²) in [5, 5.41) is 3.21. The minimum Gasteiger partial charge on any atom is -0.380 e. The average molecular weight is 200 g/mol. The smallest absolute Gasteiger partial charge is 0.239 e. The van der Waals surface area contributed by atoms with Gasteiger partial charge in [0.1, 0.15) is 0 Å². The van der Waals surface area contributed by atoms with Crippen LogP contribution in [0, 0.1) is 0 Å². The number of methoxy groups -OCH3 is 1. The van der Waals surface area contributed by atoms with Crippen LogP contribution in [0.4, 0.5) is 0 Å². The van der Waals surface area contributed by atoms with Crippen LogP contribution >= 0.6 is 0 Å². The molecule has 1 aliphatic heterocycles. The van der Waals surface area contributed by atoms with Crippen molar-refractivity contribution in [2.45, 2.75) is 32.4 Å². The van der Waals surface area contributed by atoms with Gasteiger partial charge in [-0.05, 0) is 13.3 Å². The second-order valence-electron chi connectivity index (χ2n) is 3.75. The Morgan fingerprint density at radius 1 is 1.71 bits per heavy atom. The highest BCUT2D eigenvalue weighted by Gasteiger charge is 2.27. The third-order valence-corrected chi connectivity index (χ3v) is 2.67. The van der Waals surface area contributed by atoms with Crippen LogP contribution in [0.1, 0.15) is 20.3 Å². The standard InChI is InChI=1S/C10H20N2O2/c1-4-9-10(13)12(6-5-11-9)7-8(2)14-3/h8-9,11H,4-7H2,1-3H3. The molecular weight excluding hydrogens is 180 g/mol. The minimum absolute atomic E-state index is 0.00723. The van der Waals surface area contributed by atoms with E-state index in [-0.39, 0.29) is 18.1 Å². The van der Waals surface area contributed by atoms with Crippen molar-refractivity contribution in [3.63, 3.8) is 0 Å². The molecule has 0 aromatic heterocycles. The maximum absolute atomic E-state index is 11.8. The highest BCUT2D eigenvalue weighted by molar-refractivity contribution is 5.82. The number of piperazine rings is 1. The van der Waals surface area contributed by atoms with Crippen molar-refractivity contribution in [2.24, 2.45) is 0 Å². The fraction of sp³-hybridized carbons (Fsp3) is 0.900. The van der Waals surface area contributed by atoms with Crippen molar-refractivity contribution in [2.75, 3.05) is 26.7 Å². The quantitative estimate of drug-likeness (QED) is 0.706. The molecule has 1 N–H and O–H groups in total. The Hall–Kier alpha value is -0.610. The fourth-order valence-electron chi connectivity index (χ4n) is 1.68. The molecule has 2 atom stereocenters. The molecule has 14 heavy (non-hydrogen) atoms. The van der Waals surface area contributed by atoms with Gasteiger partial charge in [0, 0.05) is 26.7 Å². The summed E-state index contributed by atoms with van der Waals surface area (Å²) >= 11 is 0. The summed E-state index contributed by atoms with van der Waals surface area (Å²) < 4.78 is 5.16. The van der Waals surface area contributed by atoms with E-state index < -0.39 is 0 Å². The third kappa shape index (κ3) is 2.69. The molecule has 0 aliphatic carbocycles. The second-order valence-corrected chi connectivity index (χ2v) is 3.75. The van der Waals surface area contributed by atoms with Gasteiger partial charge < -0.3 is 15.0 Å². The Kier molecular flexibility index (Phi) is 4.35. The zero-order chi connectivity index (χ0) is 10.6. The van der Waals surface area contributed by atoms with E-state index >= 15 is 0 Å². The number of nitrogens with one attached hydrogen (secondary N) is 1. The molecule has 0 saturated carbocycles. The second kappa shape index (κ2) is 5.32. The largest absolute Gasteiger partial charge is 0.380 e. The van der Waals surface area contributed by atoms with Gasteiger partial charge in [-0.3, -0.25) is 4.79 Å². The van der Waals surface area contributed by atoms with Crippen LogP contribution in [0.15, 0.2) is 0 Å². The zero-order valence-corrected chi connectivity index (χ0v) is 9.25. The molecule has 82 valence electrons. The maximum atomic E-state index is 11.8. The van der Waals surface area contributed by atoms with Gasteiger partial charge in [-0.1, -0.05) is 6.92 Å². The van der Waals surface area contributed by atoms with E-state index in [1.165, 1.54) is 0 Å². The lowest BCUT2D eigenvalue weighted by atomic mass is 10.1. The van der Waals surface area contributed by atoms with E-state index in [0.717, 1.165) is 19.5 Å². The molecule has 4 nitrogen and oxygen atoms in total. The molecule has 1 saturated heterocycles. The van der Waals surface area contributed by atoms with Gasteiger partial charge in [-0.2, -0.15) is 0 Å². The summed E-state index contributed by atoms with van der Waals surface area (Å²) in [5.74, 6) is 0.211. The van der Waals surface area contributed by atoms with Crippen molar-refractivity contribution in [3.05, 3.63) is 0 Å². The summed E-state index contributed by atoms with van der Waals surface area (Å²) in [6.07, 6.45) is 0.978. The molecule has 1 amide bonds. The molecule has 4 heteroatoms. The maximum Gasteiger partial charge on any atom is 0.239 e. The first-order valence-electron chi connectivity index (χ1n) is 5.24. The van der Waals surface area contributed by atoms with Crippen LogP contribution in [0.3, 0.4) is 0 Å². The summed E-state index contributed by atoms with van der Waals surface area (Å²) in [5.41, 5.74) is 0. The predicted octanol–water partition coefficient (Wildman–Crippen LogP) is 0.232. The van der Waals surface area contributed by atoms with E-state index in [1.807, 2.05) is 18.7 Å². The van der Waals surface area contributed by atoms with Crippen LogP contribution in [-0.2, 0) is 9.53 Å². The normalized spacial score (nSPS) is 25.2. The summed E-state index contributed by atoms with van der Waals surface area (Å²) in [6, 6.07) is 0.00723. The molecule has 0 bridgehead atoms. The van der Waals surface area contributed by atoms with E-state index in [9.17, 15) is 4.79 Å². The van der Waals surface area contributed by atoms with Crippen LogP contribution in [-0.4, -0.2) is 49.7 Å². The first-order valence-corrected chi connectivity index (χ1v) is 5.24. The summed E-state index contributed by atoms with van der Waals surface area (Å²) in [4.78, 5) is 13.7. The number of ether oxygens (including phenoxy) is 1. The van der Waals surface area contributed by atoms with Gasteiger partial charge in [0.15, 0.2) is 0 Å². The number of amides is 1. The van der Waals surface area contributed by atoms with Crippen molar-refractivity contribution >= 4 is 5.91 Å². The molecule has 2 unspecified atom stereocenters. The van der Waals surface area contributed by atoms with E-state index in [0.29, 0.717) is 6.54 Å². The number of rotatable bonds is 4. The van der Waals surface area contributed by atoms with E-state index in [1.54, 1.807) is 7.11 Å². The van der Waals surface area contributed by atoms with Crippen molar-refractivity contribution in [1.82, 2.24) is 10.2 Å². The van der Waals surface area contributed by atoms with Gasteiger partial charge in [0.2, 0.25) is 5.91 Å². The van der Waals surface area contributed by atoms with Crippen LogP contribution in [0.5, 0.6) is 0 Å². The van der Waals surface area contributed by atoms with Gasteiger partial charge in [0.25, 0.3) is 0 Å². The molecule has 1 fully saturated rings. The molecule has 0 radical (unpaired) electrons. The highest BCUT2D eigenvalue weighted by Crippen LogP contribution is 2.06. The first-order chi connectivity index (χ1) is 6.69. The van der Waals surface area contributed by atoms with Crippen LogP contribution in [0.2, 0.25) is 0 Å². The lowest BCUT2D eigenvalue weighted by Gasteiger charge is -2.34. The Morgan fingerprint density at radius 3 is 3.00 bits per heavy atom. The zero-order valence-electron chi connectivity index (χ0n) is 9.25. The molecule has 0 aromatic carbocycles.